The summed E-state index contributed by atoms with van der Waals surface area (Å²) < 4.78 is 0. The highest BCUT2D eigenvalue weighted by atomic mass is 35.5. The normalized spacial score (nSPS) is 10.5. The van der Waals surface area contributed by atoms with Crippen molar-refractivity contribution < 1.29 is 14.7 Å². The van der Waals surface area contributed by atoms with Crippen molar-refractivity contribution in [1.29, 1.82) is 0 Å². The number of nitrogens with zero attached hydrogens (tertiary/aromatic N) is 1. The number of hydrogen-bond donors (Lipinski definition) is 3. The van der Waals surface area contributed by atoms with Crippen LogP contribution in [0.4, 0.5) is 0 Å². The lowest BCUT2D eigenvalue weighted by Crippen LogP contribution is -2.35. The molecule has 3 N–H and O–H groups in total. The average molecular weight is 372 g/mol. The standard InChI is InChI=1S/C19H18ClN3O3/c1-2-6-13-7-5-8-14(18(13)25)11-22-23-17(24)12-21-19(26)15-9-3-4-10-16(15)20/h2-5,7-11,25H,1,6,12H2,(H,21,26)(H,23,24)/b22-11-. The molecule has 0 aliphatic heterocycles. The van der Waals surface area contributed by atoms with Crippen LogP contribution in [-0.2, 0) is 11.2 Å². The summed E-state index contributed by atoms with van der Waals surface area (Å²) in [6.07, 6.45) is 3.53. The van der Waals surface area contributed by atoms with Gasteiger partial charge in [-0.05, 0) is 30.2 Å². The number of hydrogen-bond acceptors (Lipinski definition) is 4. The van der Waals surface area contributed by atoms with E-state index in [0.29, 0.717) is 22.6 Å². The maximum Gasteiger partial charge on any atom is 0.259 e. The van der Waals surface area contributed by atoms with E-state index in [1.54, 1.807) is 48.5 Å². The van der Waals surface area contributed by atoms with Crippen molar-refractivity contribution in [2.75, 3.05) is 6.54 Å². The Bertz CT molecular complexity index is 850. The monoisotopic (exact) mass is 371 g/mol. The SMILES string of the molecule is C=CCc1cccc(/C=N\NC(=O)CNC(=O)c2ccccc2Cl)c1O. The van der Waals surface area contributed by atoms with Gasteiger partial charge in [0.2, 0.25) is 0 Å². The van der Waals surface area contributed by atoms with Crippen LogP contribution in [0.2, 0.25) is 5.02 Å². The van der Waals surface area contributed by atoms with Crippen LogP contribution in [0.5, 0.6) is 5.75 Å². The lowest BCUT2D eigenvalue weighted by molar-refractivity contribution is -0.120. The number of nitrogens with one attached hydrogen (secondary N) is 2. The van der Waals surface area contributed by atoms with Gasteiger partial charge in [-0.15, -0.1) is 6.58 Å². The summed E-state index contributed by atoms with van der Waals surface area (Å²) >= 11 is 5.92. The van der Waals surface area contributed by atoms with E-state index in [-0.39, 0.29) is 17.9 Å². The molecule has 2 amide bonds. The van der Waals surface area contributed by atoms with E-state index < -0.39 is 11.8 Å². The maximum absolute atomic E-state index is 12.0. The maximum atomic E-state index is 12.0. The highest BCUT2D eigenvalue weighted by molar-refractivity contribution is 6.33. The highest BCUT2D eigenvalue weighted by Crippen LogP contribution is 2.21. The zero-order valence-corrected chi connectivity index (χ0v) is 14.7. The molecule has 26 heavy (non-hydrogen) atoms. The molecule has 0 saturated heterocycles. The van der Waals surface area contributed by atoms with Gasteiger partial charge in [0.05, 0.1) is 23.3 Å². The predicted molar refractivity (Wildman–Crippen MR) is 102 cm³/mol. The van der Waals surface area contributed by atoms with Gasteiger partial charge in [0.15, 0.2) is 0 Å². The van der Waals surface area contributed by atoms with Crippen molar-refractivity contribution in [2.45, 2.75) is 6.42 Å². The molecule has 0 saturated carbocycles. The van der Waals surface area contributed by atoms with Crippen LogP contribution < -0.4 is 10.7 Å². The topological polar surface area (TPSA) is 90.8 Å². The third-order valence-corrected chi connectivity index (χ3v) is 3.77. The minimum absolute atomic E-state index is 0.0809. The predicted octanol–water partition coefficient (Wildman–Crippen LogP) is 2.65. The fourth-order valence-corrected chi connectivity index (χ4v) is 2.37. The van der Waals surface area contributed by atoms with E-state index in [1.807, 2.05) is 0 Å². The van der Waals surface area contributed by atoms with Gasteiger partial charge in [0.1, 0.15) is 5.75 Å². The molecular weight excluding hydrogens is 354 g/mol. The second-order valence-corrected chi connectivity index (χ2v) is 5.71. The van der Waals surface area contributed by atoms with E-state index >= 15 is 0 Å². The molecular formula is C19H18ClN3O3. The average Bonchev–Trinajstić information content (AvgIpc) is 2.63. The second kappa shape index (κ2) is 9.39. The van der Waals surface area contributed by atoms with Crippen molar-refractivity contribution in [3.05, 3.63) is 76.8 Å². The fourth-order valence-electron chi connectivity index (χ4n) is 2.15. The second-order valence-electron chi connectivity index (χ2n) is 5.30. The van der Waals surface area contributed by atoms with Crippen LogP contribution in [0.1, 0.15) is 21.5 Å². The molecule has 2 aromatic rings. The van der Waals surface area contributed by atoms with Crippen molar-refractivity contribution in [1.82, 2.24) is 10.7 Å². The number of benzene rings is 2. The van der Waals surface area contributed by atoms with Gasteiger partial charge >= 0.3 is 0 Å². The van der Waals surface area contributed by atoms with Crippen LogP contribution in [0.3, 0.4) is 0 Å². The molecule has 0 bridgehead atoms. The number of amides is 2. The van der Waals surface area contributed by atoms with E-state index in [9.17, 15) is 14.7 Å². The molecule has 0 spiro atoms. The molecule has 0 aliphatic carbocycles. The Morgan fingerprint density at radius 2 is 1.96 bits per heavy atom. The number of allylic oxidation sites excluding steroid dienone is 1. The van der Waals surface area contributed by atoms with Crippen molar-refractivity contribution >= 4 is 29.6 Å². The zero-order valence-electron chi connectivity index (χ0n) is 13.9. The first kappa shape index (κ1) is 19.2. The molecule has 7 heteroatoms. The Hall–Kier alpha value is -3.12. The number of halogens is 1. The Balaban J connectivity index is 1.88. The molecule has 0 fully saturated rings. The first-order valence-corrected chi connectivity index (χ1v) is 8.17. The molecule has 0 aliphatic rings. The Morgan fingerprint density at radius 1 is 1.19 bits per heavy atom. The van der Waals surface area contributed by atoms with Gasteiger partial charge in [-0.25, -0.2) is 5.43 Å². The first-order valence-electron chi connectivity index (χ1n) is 7.79. The van der Waals surface area contributed by atoms with Gasteiger partial charge in [0.25, 0.3) is 11.8 Å². The summed E-state index contributed by atoms with van der Waals surface area (Å²) in [5.41, 5.74) is 3.74. The molecule has 134 valence electrons. The summed E-state index contributed by atoms with van der Waals surface area (Å²) in [4.78, 5) is 23.7. The quantitative estimate of drug-likeness (QED) is 0.397. The molecule has 0 aromatic heterocycles. The Kier molecular flexibility index (Phi) is 6.93. The Labute approximate surface area is 156 Å². The van der Waals surface area contributed by atoms with Gasteiger partial charge in [0, 0.05) is 5.56 Å². The third kappa shape index (κ3) is 5.19. The third-order valence-electron chi connectivity index (χ3n) is 3.44. The molecule has 0 heterocycles. The largest absolute Gasteiger partial charge is 0.507 e. The van der Waals surface area contributed by atoms with Gasteiger partial charge in [-0.2, -0.15) is 5.10 Å². The number of rotatable bonds is 7. The van der Waals surface area contributed by atoms with Crippen LogP contribution in [0.25, 0.3) is 0 Å². The lowest BCUT2D eigenvalue weighted by atomic mass is 10.1. The van der Waals surface area contributed by atoms with Crippen LogP contribution in [0.15, 0.2) is 60.2 Å². The fraction of sp³-hybridized carbons (Fsp3) is 0.105. The van der Waals surface area contributed by atoms with E-state index in [1.165, 1.54) is 6.21 Å². The molecule has 6 nitrogen and oxygen atoms in total. The summed E-state index contributed by atoms with van der Waals surface area (Å²) in [5.74, 6) is -0.884. The van der Waals surface area contributed by atoms with Crippen LogP contribution in [0, 0.1) is 0 Å². The number of aromatic hydroxyl groups is 1. The molecule has 0 unspecified atom stereocenters. The zero-order chi connectivity index (χ0) is 18.9. The van der Waals surface area contributed by atoms with Gasteiger partial charge in [-0.1, -0.05) is 41.9 Å². The lowest BCUT2D eigenvalue weighted by Gasteiger charge is -2.06. The van der Waals surface area contributed by atoms with Gasteiger partial charge in [-0.3, -0.25) is 9.59 Å². The van der Waals surface area contributed by atoms with Gasteiger partial charge < -0.3 is 10.4 Å². The number of para-hydroxylation sites is 1. The molecule has 0 radical (unpaired) electrons. The van der Waals surface area contributed by atoms with E-state index in [4.69, 9.17) is 11.6 Å². The Morgan fingerprint density at radius 3 is 2.69 bits per heavy atom. The van der Waals surface area contributed by atoms with E-state index in [2.05, 4.69) is 22.4 Å². The van der Waals surface area contributed by atoms with Crippen molar-refractivity contribution in [3.8, 4) is 5.75 Å². The minimum Gasteiger partial charge on any atom is -0.507 e. The minimum atomic E-state index is -0.511. The first-order chi connectivity index (χ1) is 12.5. The number of carbonyl (C=O) groups excluding carboxylic acids is 2. The molecule has 0 atom stereocenters. The van der Waals surface area contributed by atoms with Crippen LogP contribution in [-0.4, -0.2) is 29.7 Å². The smallest absolute Gasteiger partial charge is 0.259 e. The summed E-state index contributed by atoms with van der Waals surface area (Å²) in [7, 11) is 0. The number of hydrazone groups is 1. The number of phenolic OH excluding ortho intramolecular Hbond substituents is 1. The highest BCUT2D eigenvalue weighted by Gasteiger charge is 2.10. The van der Waals surface area contributed by atoms with E-state index in [0.717, 1.165) is 0 Å². The summed E-state index contributed by atoms with van der Waals surface area (Å²) in [6, 6.07) is 11.7. The summed E-state index contributed by atoms with van der Waals surface area (Å²) in [5, 5.41) is 16.6. The number of carbonyl (C=O) groups is 2. The molecule has 2 rings (SSSR count). The summed E-state index contributed by atoms with van der Waals surface area (Å²) in [6.45, 7) is 3.37. The van der Waals surface area contributed by atoms with Crippen LogP contribution >= 0.6 is 11.6 Å². The molecule has 2 aromatic carbocycles. The van der Waals surface area contributed by atoms with Crippen molar-refractivity contribution in [2.24, 2.45) is 5.10 Å². The number of phenols is 1. The van der Waals surface area contributed by atoms with Crippen molar-refractivity contribution in [3.63, 3.8) is 0 Å².